The molecule has 1 spiro atoms. The van der Waals surface area contributed by atoms with Crippen LogP contribution in [-0.4, -0.2) is 47.9 Å². The van der Waals surface area contributed by atoms with Crippen LogP contribution < -0.4 is 16.4 Å². The van der Waals surface area contributed by atoms with E-state index < -0.39 is 17.0 Å². The summed E-state index contributed by atoms with van der Waals surface area (Å²) in [6, 6.07) is -0.471. The first-order valence-electron chi connectivity index (χ1n) is 7.14. The second-order valence-corrected chi connectivity index (χ2v) is 6.16. The van der Waals surface area contributed by atoms with Crippen LogP contribution in [0.5, 0.6) is 0 Å². The summed E-state index contributed by atoms with van der Waals surface area (Å²) in [5.41, 5.74) is 4.40. The number of likely N-dealkylation sites (tertiary alicyclic amines) is 1. The Morgan fingerprint density at radius 3 is 2.50 bits per heavy atom. The average Bonchev–Trinajstić information content (AvgIpc) is 2.63. The zero-order valence-corrected chi connectivity index (χ0v) is 11.4. The highest BCUT2D eigenvalue weighted by molar-refractivity contribution is 6.07. The first kappa shape index (κ1) is 13.4. The zero-order chi connectivity index (χ0) is 14.4. The predicted octanol–water partition coefficient (Wildman–Crippen LogP) is -0.684. The number of amides is 4. The normalized spacial score (nSPS) is 31.8. The van der Waals surface area contributed by atoms with Crippen molar-refractivity contribution in [2.75, 3.05) is 19.6 Å². The molecule has 0 bridgehead atoms. The van der Waals surface area contributed by atoms with Crippen molar-refractivity contribution in [3.05, 3.63) is 0 Å². The summed E-state index contributed by atoms with van der Waals surface area (Å²) in [4.78, 5) is 37.7. The van der Waals surface area contributed by atoms with Gasteiger partial charge in [0.25, 0.3) is 5.91 Å². The maximum atomic E-state index is 12.7. The number of hydrogen-bond donors (Lipinski definition) is 3. The van der Waals surface area contributed by atoms with Crippen molar-refractivity contribution in [2.24, 2.45) is 11.1 Å². The van der Waals surface area contributed by atoms with Crippen LogP contribution in [0, 0.1) is 5.41 Å². The lowest BCUT2D eigenvalue weighted by atomic mass is 9.67. The third-order valence-corrected chi connectivity index (χ3v) is 4.95. The summed E-state index contributed by atoms with van der Waals surface area (Å²) in [5.74, 6) is -0.283. The Bertz CT molecular complexity index is 469. The van der Waals surface area contributed by atoms with Crippen molar-refractivity contribution in [1.29, 1.82) is 0 Å². The molecule has 3 fully saturated rings. The van der Waals surface area contributed by atoms with E-state index in [1.54, 1.807) is 4.90 Å². The minimum Gasteiger partial charge on any atom is -0.339 e. The summed E-state index contributed by atoms with van der Waals surface area (Å²) in [6.45, 7) is 1.24. The van der Waals surface area contributed by atoms with Gasteiger partial charge in [0.15, 0.2) is 0 Å². The van der Waals surface area contributed by atoms with Crippen LogP contribution in [0.15, 0.2) is 0 Å². The average molecular weight is 280 g/mol. The molecule has 20 heavy (non-hydrogen) atoms. The van der Waals surface area contributed by atoms with Crippen LogP contribution in [0.4, 0.5) is 4.79 Å². The van der Waals surface area contributed by atoms with Gasteiger partial charge in [-0.05, 0) is 25.7 Å². The van der Waals surface area contributed by atoms with Gasteiger partial charge >= 0.3 is 6.03 Å². The Balaban J connectivity index is 1.77. The molecule has 2 aliphatic heterocycles. The van der Waals surface area contributed by atoms with Crippen LogP contribution in [-0.2, 0) is 9.59 Å². The van der Waals surface area contributed by atoms with E-state index in [9.17, 15) is 14.4 Å². The summed E-state index contributed by atoms with van der Waals surface area (Å²) in [7, 11) is 0. The number of carbonyl (C=O) groups is 3. The van der Waals surface area contributed by atoms with Crippen LogP contribution in [0.25, 0.3) is 0 Å². The van der Waals surface area contributed by atoms with E-state index >= 15 is 0 Å². The number of nitrogens with zero attached hydrogens (tertiary/aromatic N) is 1. The molecule has 0 aromatic carbocycles. The Labute approximate surface area is 117 Å². The fourth-order valence-corrected chi connectivity index (χ4v) is 3.49. The first-order valence-corrected chi connectivity index (χ1v) is 7.14. The number of hydrogen-bond acceptors (Lipinski definition) is 4. The quantitative estimate of drug-likeness (QED) is 0.583. The van der Waals surface area contributed by atoms with Gasteiger partial charge in [0, 0.05) is 13.1 Å². The van der Waals surface area contributed by atoms with E-state index in [1.807, 2.05) is 0 Å². The minimum atomic E-state index is -0.940. The highest BCUT2D eigenvalue weighted by atomic mass is 16.2. The standard InChI is InChI=1S/C13H20N4O3/c14-7-12(3-1-4-12)10(19)17-6-2-5-13(8-17)9(18)15-11(20)16-13/h1-8,14H2,(H2,15,16,18,20). The molecular weight excluding hydrogens is 260 g/mol. The summed E-state index contributed by atoms with van der Waals surface area (Å²) in [5, 5.41) is 4.95. The molecule has 0 radical (unpaired) electrons. The molecule has 7 heteroatoms. The van der Waals surface area contributed by atoms with Crippen molar-refractivity contribution in [3.63, 3.8) is 0 Å². The summed E-state index contributed by atoms with van der Waals surface area (Å²) < 4.78 is 0. The minimum absolute atomic E-state index is 0.0410. The molecule has 1 atom stereocenters. The Hall–Kier alpha value is -1.63. The number of carbonyl (C=O) groups excluding carboxylic acids is 3. The summed E-state index contributed by atoms with van der Waals surface area (Å²) >= 11 is 0. The van der Waals surface area contributed by atoms with Crippen LogP contribution >= 0.6 is 0 Å². The molecule has 2 heterocycles. The van der Waals surface area contributed by atoms with Crippen LogP contribution in [0.1, 0.15) is 32.1 Å². The van der Waals surface area contributed by atoms with Gasteiger partial charge < -0.3 is 16.0 Å². The molecule has 4 N–H and O–H groups in total. The number of rotatable bonds is 2. The van der Waals surface area contributed by atoms with Gasteiger partial charge in [0.05, 0.1) is 12.0 Å². The Morgan fingerprint density at radius 1 is 1.25 bits per heavy atom. The number of nitrogens with one attached hydrogen (secondary N) is 2. The molecule has 7 nitrogen and oxygen atoms in total. The van der Waals surface area contributed by atoms with Crippen molar-refractivity contribution in [1.82, 2.24) is 15.5 Å². The third-order valence-electron chi connectivity index (χ3n) is 4.95. The number of urea groups is 1. The fraction of sp³-hybridized carbons (Fsp3) is 0.769. The Morgan fingerprint density at radius 2 is 2.00 bits per heavy atom. The second kappa shape index (κ2) is 4.44. The molecule has 3 rings (SSSR count). The first-order chi connectivity index (χ1) is 9.51. The van der Waals surface area contributed by atoms with E-state index in [-0.39, 0.29) is 18.4 Å². The molecule has 0 aromatic heterocycles. The molecule has 2 saturated heterocycles. The number of piperidine rings is 1. The zero-order valence-electron chi connectivity index (χ0n) is 11.4. The van der Waals surface area contributed by atoms with Crippen LogP contribution in [0.2, 0.25) is 0 Å². The molecule has 1 aliphatic carbocycles. The third kappa shape index (κ3) is 1.80. The molecule has 4 amide bonds. The van der Waals surface area contributed by atoms with Gasteiger partial charge in [-0.3, -0.25) is 14.9 Å². The highest BCUT2D eigenvalue weighted by Gasteiger charge is 2.52. The lowest BCUT2D eigenvalue weighted by Gasteiger charge is -2.46. The molecule has 1 unspecified atom stereocenters. The molecule has 1 saturated carbocycles. The highest BCUT2D eigenvalue weighted by Crippen LogP contribution is 2.42. The fourth-order valence-electron chi connectivity index (χ4n) is 3.49. The molecular formula is C13H20N4O3. The smallest absolute Gasteiger partial charge is 0.322 e. The van der Waals surface area contributed by atoms with E-state index in [0.29, 0.717) is 25.9 Å². The molecule has 3 aliphatic rings. The van der Waals surface area contributed by atoms with E-state index in [2.05, 4.69) is 10.6 Å². The van der Waals surface area contributed by atoms with E-state index in [1.165, 1.54) is 0 Å². The van der Waals surface area contributed by atoms with Crippen molar-refractivity contribution >= 4 is 17.8 Å². The Kier molecular flexibility index (Phi) is 2.97. The maximum absolute atomic E-state index is 12.7. The predicted molar refractivity (Wildman–Crippen MR) is 70.6 cm³/mol. The van der Waals surface area contributed by atoms with Gasteiger partial charge in [0.1, 0.15) is 5.54 Å². The van der Waals surface area contributed by atoms with Crippen LogP contribution in [0.3, 0.4) is 0 Å². The second-order valence-electron chi connectivity index (χ2n) is 6.16. The van der Waals surface area contributed by atoms with Gasteiger partial charge in [-0.25, -0.2) is 4.79 Å². The van der Waals surface area contributed by atoms with Crippen molar-refractivity contribution in [3.8, 4) is 0 Å². The van der Waals surface area contributed by atoms with Crippen molar-refractivity contribution in [2.45, 2.75) is 37.6 Å². The lowest BCUT2D eigenvalue weighted by Crippen LogP contribution is -2.63. The van der Waals surface area contributed by atoms with Gasteiger partial charge in [0.2, 0.25) is 5.91 Å². The van der Waals surface area contributed by atoms with Crippen molar-refractivity contribution < 1.29 is 14.4 Å². The lowest BCUT2D eigenvalue weighted by molar-refractivity contribution is -0.150. The topological polar surface area (TPSA) is 105 Å². The SMILES string of the molecule is NCC1(C(=O)N2CCCC3(C2)NC(=O)NC3=O)CCC1. The monoisotopic (exact) mass is 280 g/mol. The summed E-state index contributed by atoms with van der Waals surface area (Å²) in [6.07, 6.45) is 3.96. The van der Waals surface area contributed by atoms with Gasteiger partial charge in [-0.15, -0.1) is 0 Å². The maximum Gasteiger partial charge on any atom is 0.322 e. The van der Waals surface area contributed by atoms with Gasteiger partial charge in [-0.1, -0.05) is 6.42 Å². The molecule has 110 valence electrons. The molecule has 0 aromatic rings. The number of imide groups is 1. The van der Waals surface area contributed by atoms with E-state index in [0.717, 1.165) is 19.3 Å². The van der Waals surface area contributed by atoms with E-state index in [4.69, 9.17) is 5.73 Å². The van der Waals surface area contributed by atoms with Gasteiger partial charge in [-0.2, -0.15) is 0 Å². The largest absolute Gasteiger partial charge is 0.339 e. The number of nitrogens with two attached hydrogens (primary N) is 1.